The van der Waals surface area contributed by atoms with Crippen molar-refractivity contribution in [2.75, 3.05) is 40.5 Å². The molecule has 316 valence electrons. The minimum Gasteiger partial charge on any atom is -0.462 e. The number of phosphoric acid groups is 1. The highest BCUT2D eigenvalue weighted by Gasteiger charge is 2.26. The van der Waals surface area contributed by atoms with Crippen LogP contribution in [0.5, 0.6) is 0 Å². The molecule has 0 saturated carbocycles. The Labute approximate surface area is 336 Å². The second-order valence-electron chi connectivity index (χ2n) is 14.2. The monoisotopic (exact) mass is 792 g/mol. The van der Waals surface area contributed by atoms with E-state index in [0.717, 1.165) is 57.8 Å². The summed E-state index contributed by atoms with van der Waals surface area (Å²) in [7, 11) is -0.759. The van der Waals surface area contributed by atoms with Crippen molar-refractivity contribution in [3.63, 3.8) is 0 Å². The van der Waals surface area contributed by atoms with Crippen LogP contribution in [-0.2, 0) is 32.7 Å². The molecule has 0 fully saturated rings. The molecule has 0 aliphatic heterocycles. The number of unbranched alkanes of at least 4 members (excludes halogenated alkanes) is 12. The van der Waals surface area contributed by atoms with Crippen molar-refractivity contribution >= 4 is 19.8 Å². The Morgan fingerprint density at radius 2 is 1.02 bits per heavy atom. The fourth-order valence-electron chi connectivity index (χ4n) is 5.19. The highest BCUT2D eigenvalue weighted by atomic mass is 31.2. The summed E-state index contributed by atoms with van der Waals surface area (Å²) in [5.74, 6) is -0.916. The molecular formula is C45H78NO8P. The summed E-state index contributed by atoms with van der Waals surface area (Å²) < 4.78 is 33.3. The average molecular weight is 792 g/mol. The second-order valence-corrected chi connectivity index (χ2v) is 15.6. The molecule has 10 heteroatoms. The lowest BCUT2D eigenvalue weighted by Gasteiger charge is -2.20. The van der Waals surface area contributed by atoms with E-state index in [9.17, 15) is 19.0 Å². The van der Waals surface area contributed by atoms with Crippen molar-refractivity contribution in [3.05, 3.63) is 72.9 Å². The lowest BCUT2D eigenvalue weighted by molar-refractivity contribution is -0.161. The van der Waals surface area contributed by atoms with E-state index in [1.807, 2.05) is 26.2 Å². The van der Waals surface area contributed by atoms with Crippen LogP contribution in [-0.4, -0.2) is 68.3 Å². The fraction of sp³-hybridized carbons (Fsp3) is 0.689. The molecule has 2 unspecified atom stereocenters. The van der Waals surface area contributed by atoms with E-state index in [-0.39, 0.29) is 26.1 Å². The van der Waals surface area contributed by atoms with E-state index >= 15 is 0 Å². The molecule has 0 aromatic heterocycles. The van der Waals surface area contributed by atoms with Crippen LogP contribution in [0.25, 0.3) is 0 Å². The van der Waals surface area contributed by atoms with Gasteiger partial charge in [-0.3, -0.25) is 18.6 Å². The minimum atomic E-state index is -4.38. The lowest BCUT2D eigenvalue weighted by atomic mass is 10.1. The number of hydrogen-bond donors (Lipinski definition) is 1. The normalized spacial score (nSPS) is 14.1. The summed E-state index contributed by atoms with van der Waals surface area (Å²) in [5, 5.41) is 0. The molecule has 2 atom stereocenters. The maximum atomic E-state index is 12.6. The fourth-order valence-corrected chi connectivity index (χ4v) is 5.93. The third kappa shape index (κ3) is 40.9. The van der Waals surface area contributed by atoms with Gasteiger partial charge in [-0.2, -0.15) is 0 Å². The number of rotatable bonds is 38. The zero-order chi connectivity index (χ0) is 40.5. The van der Waals surface area contributed by atoms with Gasteiger partial charge in [-0.05, 0) is 91.1 Å². The quantitative estimate of drug-likeness (QED) is 0.0283. The molecule has 0 rings (SSSR count). The first kappa shape index (κ1) is 52.5. The summed E-state index contributed by atoms with van der Waals surface area (Å²) in [6.07, 6.45) is 46.8. The van der Waals surface area contributed by atoms with E-state index in [4.69, 9.17) is 18.5 Å². The average Bonchev–Trinajstić information content (AvgIpc) is 3.15. The zero-order valence-electron chi connectivity index (χ0n) is 35.1. The first-order chi connectivity index (χ1) is 26.7. The molecule has 0 bridgehead atoms. The largest absolute Gasteiger partial charge is 0.472 e. The maximum absolute atomic E-state index is 12.6. The summed E-state index contributed by atoms with van der Waals surface area (Å²) in [5.41, 5.74) is 0. The molecule has 0 radical (unpaired) electrons. The first-order valence-corrected chi connectivity index (χ1v) is 22.7. The van der Waals surface area contributed by atoms with Crippen LogP contribution in [0.15, 0.2) is 72.9 Å². The van der Waals surface area contributed by atoms with Crippen LogP contribution in [0, 0.1) is 0 Å². The highest BCUT2D eigenvalue weighted by molar-refractivity contribution is 7.47. The predicted octanol–water partition coefficient (Wildman–Crippen LogP) is 12.1. The number of hydrogen-bond acceptors (Lipinski definition) is 8. The van der Waals surface area contributed by atoms with Crippen LogP contribution < -0.4 is 0 Å². The molecule has 9 nitrogen and oxygen atoms in total. The Morgan fingerprint density at radius 1 is 0.564 bits per heavy atom. The van der Waals surface area contributed by atoms with Gasteiger partial charge >= 0.3 is 19.8 Å². The van der Waals surface area contributed by atoms with Gasteiger partial charge in [0.15, 0.2) is 6.10 Å². The lowest BCUT2D eigenvalue weighted by Crippen LogP contribution is -2.29. The van der Waals surface area contributed by atoms with Gasteiger partial charge in [0.05, 0.1) is 13.2 Å². The maximum Gasteiger partial charge on any atom is 0.472 e. The molecule has 0 spiro atoms. The van der Waals surface area contributed by atoms with Gasteiger partial charge in [-0.15, -0.1) is 0 Å². The molecular weight excluding hydrogens is 713 g/mol. The smallest absolute Gasteiger partial charge is 0.462 e. The number of allylic oxidation sites excluding steroid dienone is 12. The molecule has 1 N–H and O–H groups in total. The Balaban J connectivity index is 4.47. The van der Waals surface area contributed by atoms with Crippen molar-refractivity contribution in [2.24, 2.45) is 0 Å². The van der Waals surface area contributed by atoms with E-state index in [1.54, 1.807) is 4.90 Å². The number of esters is 2. The Kier molecular flexibility index (Phi) is 37.8. The Morgan fingerprint density at radius 3 is 1.58 bits per heavy atom. The van der Waals surface area contributed by atoms with Crippen LogP contribution >= 0.6 is 7.82 Å². The van der Waals surface area contributed by atoms with E-state index < -0.39 is 32.5 Å². The number of carbonyl (C=O) groups excluding carboxylic acids is 2. The molecule has 0 saturated heterocycles. The van der Waals surface area contributed by atoms with Crippen molar-refractivity contribution in [1.82, 2.24) is 4.90 Å². The topological polar surface area (TPSA) is 112 Å². The number of ether oxygens (including phenoxy) is 2. The number of nitrogens with zero attached hydrogens (tertiary/aromatic N) is 1. The van der Waals surface area contributed by atoms with Gasteiger partial charge in [-0.25, -0.2) is 4.57 Å². The van der Waals surface area contributed by atoms with Crippen molar-refractivity contribution < 1.29 is 37.6 Å². The van der Waals surface area contributed by atoms with Crippen molar-refractivity contribution in [2.45, 2.75) is 161 Å². The van der Waals surface area contributed by atoms with E-state index in [0.29, 0.717) is 19.4 Å². The van der Waals surface area contributed by atoms with Gasteiger partial charge in [0.2, 0.25) is 0 Å². The van der Waals surface area contributed by atoms with Crippen LogP contribution in [0.4, 0.5) is 0 Å². The van der Waals surface area contributed by atoms with Gasteiger partial charge in [0.1, 0.15) is 6.61 Å². The number of carbonyl (C=O) groups is 2. The molecule has 0 aromatic rings. The van der Waals surface area contributed by atoms with Gasteiger partial charge in [0, 0.05) is 19.4 Å². The molecule has 55 heavy (non-hydrogen) atoms. The van der Waals surface area contributed by atoms with Crippen LogP contribution in [0.2, 0.25) is 0 Å². The Bertz CT molecular complexity index is 1140. The summed E-state index contributed by atoms with van der Waals surface area (Å²) in [6.45, 7) is 4.16. The third-order valence-electron chi connectivity index (χ3n) is 8.50. The minimum absolute atomic E-state index is 0.0105. The van der Waals surface area contributed by atoms with Crippen LogP contribution in [0.3, 0.4) is 0 Å². The summed E-state index contributed by atoms with van der Waals surface area (Å²) >= 11 is 0. The SMILES string of the molecule is CCCCC/C=C\C/C=C\C/C=C\C/C=C\C/C=C\CCC(=O)OC(COC(=O)CCCCCCC/C=C\CCCCCC)COP(=O)(O)OCCN(C)C. The summed E-state index contributed by atoms with van der Waals surface area (Å²) in [6, 6.07) is 0. The van der Waals surface area contributed by atoms with Gasteiger partial charge < -0.3 is 19.3 Å². The van der Waals surface area contributed by atoms with Gasteiger partial charge in [0.25, 0.3) is 0 Å². The predicted molar refractivity (Wildman–Crippen MR) is 229 cm³/mol. The van der Waals surface area contributed by atoms with E-state index in [1.165, 1.54) is 57.8 Å². The van der Waals surface area contributed by atoms with Gasteiger partial charge in [-0.1, -0.05) is 138 Å². The summed E-state index contributed by atoms with van der Waals surface area (Å²) in [4.78, 5) is 36.9. The Hall–Kier alpha value is -2.55. The standard InChI is InChI=1S/C45H78NO8P/c1-5-7-9-11-13-15-17-19-20-21-22-23-24-26-28-30-32-34-36-38-45(48)54-43(42-53-55(49,50)52-40-39-46(3)4)41-51-44(47)37-35-33-31-29-27-25-18-16-14-12-10-8-6-2/h13,15-16,18-20,22-23,26,28,32,34,43H,5-12,14,17,21,24-25,27,29-31,33,35-42H2,1-4H3,(H,49,50)/b15-13-,18-16-,20-19-,23-22-,28-26-,34-32-. The molecule has 0 aliphatic rings. The number of phosphoric ester groups is 1. The van der Waals surface area contributed by atoms with Crippen molar-refractivity contribution in [1.29, 1.82) is 0 Å². The highest BCUT2D eigenvalue weighted by Crippen LogP contribution is 2.43. The molecule has 0 aliphatic carbocycles. The second kappa shape index (κ2) is 39.7. The van der Waals surface area contributed by atoms with E-state index in [2.05, 4.69) is 74.6 Å². The molecule has 0 aromatic carbocycles. The molecule has 0 amide bonds. The number of likely N-dealkylation sites (N-methyl/N-ethyl adjacent to an activating group) is 1. The van der Waals surface area contributed by atoms with Crippen molar-refractivity contribution in [3.8, 4) is 0 Å². The third-order valence-corrected chi connectivity index (χ3v) is 9.48. The zero-order valence-corrected chi connectivity index (χ0v) is 36.0. The van der Waals surface area contributed by atoms with Crippen LogP contribution in [0.1, 0.15) is 155 Å². The first-order valence-electron chi connectivity index (χ1n) is 21.2. The molecule has 0 heterocycles.